The van der Waals surface area contributed by atoms with Crippen molar-refractivity contribution in [2.45, 2.75) is 66.2 Å². The second kappa shape index (κ2) is 7.52. The van der Waals surface area contributed by atoms with Crippen LogP contribution in [0.25, 0.3) is 10.9 Å². The average molecular weight is 412 g/mol. The van der Waals surface area contributed by atoms with Crippen LogP contribution in [0.2, 0.25) is 0 Å². The highest BCUT2D eigenvalue weighted by Crippen LogP contribution is 2.69. The van der Waals surface area contributed by atoms with E-state index in [1.807, 2.05) is 31.2 Å². The molecule has 2 fully saturated rings. The van der Waals surface area contributed by atoms with Crippen LogP contribution >= 0.6 is 0 Å². The topological polar surface area (TPSA) is 57.5 Å². The van der Waals surface area contributed by atoms with Gasteiger partial charge in [-0.25, -0.2) is 4.79 Å². The summed E-state index contributed by atoms with van der Waals surface area (Å²) in [4.78, 5) is 32.3. The molecule has 5 heteroatoms. The van der Waals surface area contributed by atoms with E-state index in [-0.39, 0.29) is 34.4 Å². The summed E-state index contributed by atoms with van der Waals surface area (Å²) in [6.45, 7) is 12.0. The Morgan fingerprint density at radius 1 is 1.10 bits per heavy atom. The van der Waals surface area contributed by atoms with Gasteiger partial charge in [0.25, 0.3) is 0 Å². The zero-order valence-electron chi connectivity index (χ0n) is 18.8. The molecule has 0 N–H and O–H groups in total. The highest BCUT2D eigenvalue weighted by atomic mass is 16.7. The monoisotopic (exact) mass is 411 g/mol. The van der Waals surface area contributed by atoms with Gasteiger partial charge in [-0.15, -0.1) is 0 Å². The Kier molecular flexibility index (Phi) is 5.29. The lowest BCUT2D eigenvalue weighted by molar-refractivity contribution is -0.144. The molecule has 0 amide bonds. The number of nitrogens with zero attached hydrogens (tertiary/aromatic N) is 1. The van der Waals surface area contributed by atoms with Crippen molar-refractivity contribution in [3.63, 3.8) is 0 Å². The van der Waals surface area contributed by atoms with Crippen molar-refractivity contribution in [3.8, 4) is 0 Å². The molecule has 1 aliphatic heterocycles. The molecule has 2 aromatic rings. The first-order chi connectivity index (χ1) is 14.2. The number of aromatic nitrogens is 1. The summed E-state index contributed by atoms with van der Waals surface area (Å²) in [6.07, 6.45) is 2.71. The fraction of sp³-hybridized carbons (Fsp3) is 0.600. The highest BCUT2D eigenvalue weighted by Gasteiger charge is 2.68. The second-order valence-corrected chi connectivity index (χ2v) is 9.91. The number of carbonyl (C=O) groups is 2. The third-order valence-electron chi connectivity index (χ3n) is 7.65. The quantitative estimate of drug-likeness (QED) is 0.617. The molecular weight excluding hydrogens is 378 g/mol. The van der Waals surface area contributed by atoms with Gasteiger partial charge in [0.05, 0.1) is 16.8 Å². The second-order valence-electron chi connectivity index (χ2n) is 9.91. The van der Waals surface area contributed by atoms with Crippen LogP contribution in [0.4, 0.5) is 0 Å². The largest absolute Gasteiger partial charge is 0.381 e. The normalized spacial score (nSPS) is 21.0. The van der Waals surface area contributed by atoms with Crippen LogP contribution in [-0.2, 0) is 9.53 Å². The van der Waals surface area contributed by atoms with E-state index < -0.39 is 0 Å². The summed E-state index contributed by atoms with van der Waals surface area (Å²) < 4.78 is 7.24. The fourth-order valence-electron chi connectivity index (χ4n) is 5.28. The molecule has 162 valence electrons. The van der Waals surface area contributed by atoms with Crippen molar-refractivity contribution in [1.82, 2.24) is 4.73 Å². The number of hydrogen-bond donors (Lipinski definition) is 0. The molecule has 0 spiro atoms. The van der Waals surface area contributed by atoms with Crippen molar-refractivity contribution in [1.29, 1.82) is 0 Å². The summed E-state index contributed by atoms with van der Waals surface area (Å²) in [7, 11) is 0. The number of benzene rings is 1. The van der Waals surface area contributed by atoms with E-state index >= 15 is 0 Å². The van der Waals surface area contributed by atoms with Gasteiger partial charge in [0.1, 0.15) is 0 Å². The van der Waals surface area contributed by atoms with Crippen LogP contribution in [-0.4, -0.2) is 29.7 Å². The minimum atomic E-state index is -0.266. The lowest BCUT2D eigenvalue weighted by Gasteiger charge is -2.24. The summed E-state index contributed by atoms with van der Waals surface area (Å²) in [5, 5.41) is 0.881. The summed E-state index contributed by atoms with van der Waals surface area (Å²) in [5.41, 5.74) is 2.28. The van der Waals surface area contributed by atoms with E-state index in [1.165, 1.54) is 0 Å². The molecule has 1 aliphatic carbocycles. The Balaban J connectivity index is 1.90. The first-order valence-corrected chi connectivity index (χ1v) is 11.2. The van der Waals surface area contributed by atoms with Gasteiger partial charge < -0.3 is 9.57 Å². The van der Waals surface area contributed by atoms with Crippen LogP contribution in [0.15, 0.2) is 24.3 Å². The van der Waals surface area contributed by atoms with E-state index in [0.29, 0.717) is 19.6 Å². The minimum absolute atomic E-state index is 0.0470. The Morgan fingerprint density at radius 2 is 1.73 bits per heavy atom. The van der Waals surface area contributed by atoms with Gasteiger partial charge in [-0.2, -0.15) is 4.73 Å². The first-order valence-electron chi connectivity index (χ1n) is 11.2. The van der Waals surface area contributed by atoms with Gasteiger partial charge in [0, 0.05) is 36.9 Å². The average Bonchev–Trinajstić information content (AvgIpc) is 2.97. The summed E-state index contributed by atoms with van der Waals surface area (Å²) in [6, 6.07) is 7.81. The number of fused-ring (bicyclic) bond motifs is 1. The van der Waals surface area contributed by atoms with Crippen LogP contribution in [0, 0.1) is 16.7 Å². The van der Waals surface area contributed by atoms with Crippen molar-refractivity contribution in [3.05, 3.63) is 35.5 Å². The fourth-order valence-corrected chi connectivity index (χ4v) is 5.28. The molecule has 5 nitrogen and oxygen atoms in total. The van der Waals surface area contributed by atoms with Crippen LogP contribution in [0.5, 0.6) is 0 Å². The maximum absolute atomic E-state index is 14.0. The zero-order chi connectivity index (χ0) is 21.7. The molecule has 1 saturated heterocycles. The van der Waals surface area contributed by atoms with E-state index in [1.54, 1.807) is 4.73 Å². The van der Waals surface area contributed by atoms with Gasteiger partial charge in [-0.3, -0.25) is 4.79 Å². The number of Topliss-reactive ketones (excluding diaryl/α,β-unsaturated/α-hetero) is 1. The lowest BCUT2D eigenvalue weighted by Crippen LogP contribution is -2.26. The zero-order valence-corrected chi connectivity index (χ0v) is 18.8. The van der Waals surface area contributed by atoms with Gasteiger partial charge in [0.2, 0.25) is 0 Å². The van der Waals surface area contributed by atoms with E-state index in [4.69, 9.17) is 9.57 Å². The maximum Gasteiger partial charge on any atom is 0.332 e. The molecule has 4 rings (SSSR count). The lowest BCUT2D eigenvalue weighted by atomic mass is 9.89. The highest BCUT2D eigenvalue weighted by molar-refractivity contribution is 6.12. The van der Waals surface area contributed by atoms with Gasteiger partial charge in [0.15, 0.2) is 5.78 Å². The molecule has 0 radical (unpaired) electrons. The Hall–Kier alpha value is -2.14. The predicted molar refractivity (Wildman–Crippen MR) is 117 cm³/mol. The number of ketones is 1. The van der Waals surface area contributed by atoms with E-state index in [9.17, 15) is 9.59 Å². The number of hydrogen-bond acceptors (Lipinski definition) is 4. The molecule has 0 atom stereocenters. The number of carbonyl (C=O) groups excluding carboxylic acids is 2. The molecular formula is C25H33NO4. The summed E-state index contributed by atoms with van der Waals surface area (Å²) >= 11 is 0. The molecule has 1 aromatic heterocycles. The summed E-state index contributed by atoms with van der Waals surface area (Å²) in [5.74, 6) is -0.00989. The Morgan fingerprint density at radius 3 is 2.33 bits per heavy atom. The number of ether oxygens (including phenoxy) is 1. The van der Waals surface area contributed by atoms with Crippen molar-refractivity contribution >= 4 is 22.7 Å². The molecule has 1 saturated carbocycles. The van der Waals surface area contributed by atoms with E-state index in [2.05, 4.69) is 27.7 Å². The van der Waals surface area contributed by atoms with Crippen molar-refractivity contribution in [2.24, 2.45) is 16.7 Å². The number of rotatable bonds is 6. The standard InChI is InChI=1S/C25H33NO4/c1-6-9-19(27)30-26-18-11-8-7-10-17(18)20(21(26)16-12-14-29-15-13-16)22(28)23-24(2,3)25(23,4)5/h7-8,10-11,16,23H,6,9,12-15H2,1-5H3. The third-order valence-corrected chi connectivity index (χ3v) is 7.65. The molecule has 0 bridgehead atoms. The van der Waals surface area contributed by atoms with Crippen LogP contribution < -0.4 is 4.84 Å². The van der Waals surface area contributed by atoms with Crippen LogP contribution in [0.1, 0.15) is 82.3 Å². The maximum atomic E-state index is 14.0. The smallest absolute Gasteiger partial charge is 0.332 e. The third kappa shape index (κ3) is 3.18. The van der Waals surface area contributed by atoms with Gasteiger partial charge in [-0.1, -0.05) is 52.8 Å². The molecule has 1 aromatic carbocycles. The SMILES string of the molecule is CCCC(=O)On1c(C2CCOCC2)c(C(=O)C2C(C)(C)C2(C)C)c2ccccc21. The Bertz CT molecular complexity index is 964. The van der Waals surface area contributed by atoms with Gasteiger partial charge >= 0.3 is 5.97 Å². The Labute approximate surface area is 178 Å². The number of para-hydroxylation sites is 1. The molecule has 2 heterocycles. The van der Waals surface area contributed by atoms with Crippen molar-refractivity contribution < 1.29 is 19.2 Å². The van der Waals surface area contributed by atoms with Crippen molar-refractivity contribution in [2.75, 3.05) is 13.2 Å². The molecule has 0 unspecified atom stereocenters. The van der Waals surface area contributed by atoms with E-state index in [0.717, 1.165) is 41.4 Å². The van der Waals surface area contributed by atoms with Gasteiger partial charge in [-0.05, 0) is 36.2 Å². The molecule has 30 heavy (non-hydrogen) atoms. The first kappa shape index (κ1) is 21.1. The predicted octanol–water partition coefficient (Wildman–Crippen LogP) is 5.16. The minimum Gasteiger partial charge on any atom is -0.381 e. The van der Waals surface area contributed by atoms with Crippen LogP contribution in [0.3, 0.4) is 0 Å². The molecule has 2 aliphatic rings.